The molecule has 1 atom stereocenters. The van der Waals surface area contributed by atoms with E-state index < -0.39 is 5.54 Å². The lowest BCUT2D eigenvalue weighted by Gasteiger charge is -2.35. The van der Waals surface area contributed by atoms with Gasteiger partial charge < -0.3 is 9.47 Å². The number of urea groups is 1. The van der Waals surface area contributed by atoms with Crippen molar-refractivity contribution in [3.8, 4) is 5.69 Å². The first-order chi connectivity index (χ1) is 14.4. The van der Waals surface area contributed by atoms with E-state index in [1.54, 1.807) is 24.2 Å². The predicted molar refractivity (Wildman–Crippen MR) is 118 cm³/mol. The van der Waals surface area contributed by atoms with Gasteiger partial charge in [0, 0.05) is 41.4 Å². The van der Waals surface area contributed by atoms with E-state index in [-0.39, 0.29) is 11.8 Å². The summed E-state index contributed by atoms with van der Waals surface area (Å²) >= 11 is 6.37. The topological polar surface area (TPSA) is 40.5 Å². The van der Waals surface area contributed by atoms with Crippen LogP contribution in [0.15, 0.2) is 48.7 Å². The molecule has 7 heteroatoms. The van der Waals surface area contributed by atoms with Gasteiger partial charge in [0.15, 0.2) is 0 Å². The number of rotatable bonds is 6. The molecule has 0 radical (unpaired) electrons. The standard InChI is InChI=1S/C23H26ClFN4O/c1-4-12-27-15-23(5-2,29(26-3)22(27)30)20-14-28(18-9-7-17(25)8-10-18)21-11-6-16(24)13-19(20)21/h6-11,13-14,26H,4-5,12,15H2,1-3H3. The Balaban J connectivity index is 1.96. The number of nitrogens with zero attached hydrogens (tertiary/aromatic N) is 3. The van der Waals surface area contributed by atoms with E-state index in [9.17, 15) is 9.18 Å². The molecule has 30 heavy (non-hydrogen) atoms. The van der Waals surface area contributed by atoms with Gasteiger partial charge in [-0.2, -0.15) is 0 Å². The van der Waals surface area contributed by atoms with E-state index in [0.29, 0.717) is 18.1 Å². The second-order valence-electron chi connectivity index (χ2n) is 7.70. The van der Waals surface area contributed by atoms with E-state index in [0.717, 1.165) is 35.0 Å². The van der Waals surface area contributed by atoms with Crippen molar-refractivity contribution in [2.24, 2.45) is 0 Å². The lowest BCUT2D eigenvalue weighted by molar-refractivity contribution is 0.115. The third kappa shape index (κ3) is 3.15. The number of amides is 2. The van der Waals surface area contributed by atoms with E-state index >= 15 is 0 Å². The van der Waals surface area contributed by atoms with Gasteiger partial charge in [-0.25, -0.2) is 19.6 Å². The van der Waals surface area contributed by atoms with Gasteiger partial charge in [-0.3, -0.25) is 0 Å². The molecular formula is C23H26ClFN4O. The minimum Gasteiger partial charge on any atom is -0.321 e. The Bertz CT molecular complexity index is 1080. The largest absolute Gasteiger partial charge is 0.335 e. The molecule has 0 spiro atoms. The highest BCUT2D eigenvalue weighted by atomic mass is 35.5. The molecule has 0 bridgehead atoms. The number of benzene rings is 2. The number of halogens is 2. The van der Waals surface area contributed by atoms with Crippen LogP contribution in [0.25, 0.3) is 16.6 Å². The average molecular weight is 429 g/mol. The zero-order chi connectivity index (χ0) is 21.5. The van der Waals surface area contributed by atoms with Crippen LogP contribution in [-0.2, 0) is 5.54 Å². The summed E-state index contributed by atoms with van der Waals surface area (Å²) in [5.41, 5.74) is 5.42. The summed E-state index contributed by atoms with van der Waals surface area (Å²) in [5.74, 6) is -0.276. The van der Waals surface area contributed by atoms with Crippen molar-refractivity contribution >= 4 is 28.5 Å². The van der Waals surface area contributed by atoms with Crippen molar-refractivity contribution in [3.05, 3.63) is 65.1 Å². The van der Waals surface area contributed by atoms with Crippen LogP contribution in [0, 0.1) is 5.82 Å². The quantitative estimate of drug-likeness (QED) is 0.578. The molecule has 1 aromatic heterocycles. The number of hydrogen-bond acceptors (Lipinski definition) is 2. The van der Waals surface area contributed by atoms with Gasteiger partial charge in [0.05, 0.1) is 12.1 Å². The Morgan fingerprint density at radius 3 is 2.53 bits per heavy atom. The molecule has 2 heterocycles. The molecule has 0 saturated carbocycles. The summed E-state index contributed by atoms with van der Waals surface area (Å²) in [5, 5.41) is 3.37. The fourth-order valence-corrected chi connectivity index (χ4v) is 4.76. The highest BCUT2D eigenvalue weighted by Crippen LogP contribution is 2.43. The number of hydrazine groups is 1. The molecule has 2 amide bonds. The first kappa shape index (κ1) is 20.7. The molecule has 1 saturated heterocycles. The number of nitrogens with one attached hydrogen (secondary N) is 1. The highest BCUT2D eigenvalue weighted by Gasteiger charge is 2.50. The molecule has 1 fully saturated rings. The number of carbonyl (C=O) groups excluding carboxylic acids is 1. The Labute approximate surface area is 181 Å². The average Bonchev–Trinajstić information content (AvgIpc) is 3.24. The van der Waals surface area contributed by atoms with Crippen molar-refractivity contribution in [2.45, 2.75) is 32.2 Å². The predicted octanol–water partition coefficient (Wildman–Crippen LogP) is 5.31. The molecule has 2 aromatic carbocycles. The van der Waals surface area contributed by atoms with Crippen LogP contribution >= 0.6 is 11.6 Å². The second-order valence-corrected chi connectivity index (χ2v) is 8.14. The van der Waals surface area contributed by atoms with Crippen molar-refractivity contribution in [1.82, 2.24) is 19.9 Å². The fraction of sp³-hybridized carbons (Fsp3) is 0.348. The smallest absolute Gasteiger partial charge is 0.321 e. The molecule has 5 nitrogen and oxygen atoms in total. The first-order valence-corrected chi connectivity index (χ1v) is 10.7. The molecule has 4 rings (SSSR count). The highest BCUT2D eigenvalue weighted by molar-refractivity contribution is 6.31. The van der Waals surface area contributed by atoms with Crippen LogP contribution < -0.4 is 5.43 Å². The molecule has 0 aliphatic carbocycles. The Kier molecular flexibility index (Phi) is 5.47. The number of aromatic nitrogens is 1. The summed E-state index contributed by atoms with van der Waals surface area (Å²) < 4.78 is 15.5. The van der Waals surface area contributed by atoms with Crippen molar-refractivity contribution < 1.29 is 9.18 Å². The van der Waals surface area contributed by atoms with Crippen LogP contribution in [0.5, 0.6) is 0 Å². The van der Waals surface area contributed by atoms with E-state index in [1.807, 2.05) is 27.7 Å². The molecule has 1 unspecified atom stereocenters. The van der Waals surface area contributed by atoms with Crippen LogP contribution in [0.2, 0.25) is 5.02 Å². The minimum absolute atomic E-state index is 0.0223. The Morgan fingerprint density at radius 2 is 1.90 bits per heavy atom. The van der Waals surface area contributed by atoms with E-state index in [4.69, 9.17) is 11.6 Å². The summed E-state index contributed by atoms with van der Waals surface area (Å²) in [6.07, 6.45) is 3.69. The first-order valence-electron chi connectivity index (χ1n) is 10.3. The van der Waals surface area contributed by atoms with Crippen LogP contribution in [0.3, 0.4) is 0 Å². The lowest BCUT2D eigenvalue weighted by atomic mass is 9.87. The Hall–Kier alpha value is -2.57. The number of carbonyl (C=O) groups is 1. The van der Waals surface area contributed by atoms with Gasteiger partial charge in [0.1, 0.15) is 11.4 Å². The maximum absolute atomic E-state index is 13.5. The summed E-state index contributed by atoms with van der Waals surface area (Å²) in [4.78, 5) is 15.0. The third-order valence-electron chi connectivity index (χ3n) is 6.02. The maximum Gasteiger partial charge on any atom is 0.335 e. The van der Waals surface area contributed by atoms with Crippen molar-refractivity contribution in [3.63, 3.8) is 0 Å². The van der Waals surface area contributed by atoms with Gasteiger partial charge in [0.2, 0.25) is 0 Å². The van der Waals surface area contributed by atoms with Crippen LogP contribution in [-0.4, -0.2) is 40.6 Å². The number of fused-ring (bicyclic) bond motifs is 1. The molecular weight excluding hydrogens is 403 g/mol. The molecule has 1 aliphatic heterocycles. The molecule has 158 valence electrons. The van der Waals surface area contributed by atoms with Crippen molar-refractivity contribution in [1.29, 1.82) is 0 Å². The zero-order valence-corrected chi connectivity index (χ0v) is 18.2. The normalized spacial score (nSPS) is 19.3. The maximum atomic E-state index is 13.5. The fourth-order valence-electron chi connectivity index (χ4n) is 4.59. The van der Waals surface area contributed by atoms with Gasteiger partial charge in [-0.15, -0.1) is 0 Å². The summed E-state index contributed by atoms with van der Waals surface area (Å²) in [6.45, 7) is 5.46. The minimum atomic E-state index is -0.546. The Morgan fingerprint density at radius 1 is 1.17 bits per heavy atom. The monoisotopic (exact) mass is 428 g/mol. The third-order valence-corrected chi connectivity index (χ3v) is 6.25. The van der Waals surface area contributed by atoms with Gasteiger partial charge in [0.25, 0.3) is 0 Å². The van der Waals surface area contributed by atoms with E-state index in [2.05, 4.69) is 25.5 Å². The SMILES string of the molecule is CCCN1CC(CC)(c2cn(-c3ccc(F)cc3)c3ccc(Cl)cc23)N(NC)C1=O. The second kappa shape index (κ2) is 7.93. The molecule has 1 aliphatic rings. The summed E-state index contributed by atoms with van der Waals surface area (Å²) in [7, 11) is 1.78. The lowest BCUT2D eigenvalue weighted by Crippen LogP contribution is -2.50. The van der Waals surface area contributed by atoms with Gasteiger partial charge in [-0.1, -0.05) is 25.4 Å². The van der Waals surface area contributed by atoms with Gasteiger partial charge >= 0.3 is 6.03 Å². The molecule has 1 N–H and O–H groups in total. The number of hydrogen-bond donors (Lipinski definition) is 1. The van der Waals surface area contributed by atoms with Crippen LogP contribution in [0.4, 0.5) is 9.18 Å². The van der Waals surface area contributed by atoms with Crippen LogP contribution in [0.1, 0.15) is 32.3 Å². The molecule has 3 aromatic rings. The van der Waals surface area contributed by atoms with Crippen molar-refractivity contribution in [2.75, 3.05) is 20.1 Å². The van der Waals surface area contributed by atoms with Gasteiger partial charge in [-0.05, 0) is 55.3 Å². The zero-order valence-electron chi connectivity index (χ0n) is 17.5. The summed E-state index contributed by atoms with van der Waals surface area (Å²) in [6, 6.07) is 12.2. The van der Waals surface area contributed by atoms with E-state index in [1.165, 1.54) is 12.1 Å².